The smallest absolute Gasteiger partial charge is 0.0521 e. The summed E-state index contributed by atoms with van der Waals surface area (Å²) in [6.45, 7) is 5.48. The van der Waals surface area contributed by atoms with Crippen LogP contribution >= 0.6 is 0 Å². The third-order valence-corrected chi connectivity index (χ3v) is 3.54. The average Bonchev–Trinajstić information content (AvgIpc) is 3.01. The largest absolute Gasteiger partial charge is 0.396 e. The fourth-order valence-corrected chi connectivity index (χ4v) is 2.25. The Morgan fingerprint density at radius 2 is 2.33 bits per heavy atom. The first-order valence-corrected chi connectivity index (χ1v) is 5.80. The van der Waals surface area contributed by atoms with Gasteiger partial charge in [-0.15, -0.1) is 0 Å². The lowest BCUT2D eigenvalue weighted by atomic mass is 9.80. The Kier molecular flexibility index (Phi) is 2.83. The van der Waals surface area contributed by atoms with Crippen molar-refractivity contribution in [3.8, 4) is 0 Å². The van der Waals surface area contributed by atoms with Crippen molar-refractivity contribution >= 4 is 0 Å². The van der Waals surface area contributed by atoms with E-state index in [-0.39, 0.29) is 12.0 Å². The molecular weight excluding hydrogens is 188 g/mol. The van der Waals surface area contributed by atoms with E-state index in [0.717, 1.165) is 13.0 Å². The van der Waals surface area contributed by atoms with Gasteiger partial charge in [-0.05, 0) is 43.1 Å². The Bertz CT molecular complexity index is 330. The number of aliphatic hydroxyl groups excluding tert-OH is 1. The number of hydrogen-bond acceptors (Lipinski definition) is 2. The van der Waals surface area contributed by atoms with Crippen LogP contribution in [0.3, 0.4) is 0 Å². The molecule has 0 amide bonds. The van der Waals surface area contributed by atoms with Gasteiger partial charge in [0.15, 0.2) is 0 Å². The van der Waals surface area contributed by atoms with Crippen LogP contribution in [-0.4, -0.2) is 21.5 Å². The highest BCUT2D eigenvalue weighted by molar-refractivity contribution is 5.09. The first-order valence-electron chi connectivity index (χ1n) is 5.80. The molecule has 1 aliphatic carbocycles. The number of aliphatic hydroxyl groups is 1. The van der Waals surface area contributed by atoms with Crippen molar-refractivity contribution in [3.63, 3.8) is 0 Å². The molecule has 0 aliphatic heterocycles. The monoisotopic (exact) mass is 208 g/mol. The van der Waals surface area contributed by atoms with Crippen LogP contribution in [0.1, 0.15) is 32.3 Å². The molecule has 84 valence electrons. The molecule has 1 saturated carbocycles. The van der Waals surface area contributed by atoms with E-state index in [4.69, 9.17) is 0 Å². The second kappa shape index (κ2) is 3.97. The lowest BCUT2D eigenvalue weighted by molar-refractivity contribution is 0.119. The predicted molar refractivity (Wildman–Crippen MR) is 59.5 cm³/mol. The van der Waals surface area contributed by atoms with Gasteiger partial charge in [-0.25, -0.2) is 0 Å². The first-order chi connectivity index (χ1) is 7.18. The Morgan fingerprint density at radius 1 is 1.60 bits per heavy atom. The van der Waals surface area contributed by atoms with Crippen molar-refractivity contribution < 1.29 is 5.11 Å². The summed E-state index contributed by atoms with van der Waals surface area (Å²) < 4.78 is 1.94. The summed E-state index contributed by atoms with van der Waals surface area (Å²) in [6, 6.07) is 0. The van der Waals surface area contributed by atoms with Crippen molar-refractivity contribution in [2.75, 3.05) is 6.61 Å². The minimum atomic E-state index is 0.0710. The quantitative estimate of drug-likeness (QED) is 0.802. The van der Waals surface area contributed by atoms with Gasteiger partial charge >= 0.3 is 0 Å². The van der Waals surface area contributed by atoms with Crippen LogP contribution in [0.4, 0.5) is 0 Å². The third kappa shape index (κ3) is 2.23. The van der Waals surface area contributed by atoms with Crippen LogP contribution < -0.4 is 0 Å². The molecule has 15 heavy (non-hydrogen) atoms. The van der Waals surface area contributed by atoms with Gasteiger partial charge in [0.05, 0.1) is 6.20 Å². The molecule has 1 aliphatic rings. The van der Waals surface area contributed by atoms with Gasteiger partial charge in [0.2, 0.25) is 0 Å². The maximum Gasteiger partial charge on any atom is 0.0521 e. The van der Waals surface area contributed by atoms with Gasteiger partial charge in [0.1, 0.15) is 0 Å². The molecule has 1 atom stereocenters. The zero-order valence-corrected chi connectivity index (χ0v) is 9.61. The van der Waals surface area contributed by atoms with E-state index in [1.165, 1.54) is 18.4 Å². The molecule has 3 nitrogen and oxygen atoms in total. The summed E-state index contributed by atoms with van der Waals surface area (Å²) in [5.74, 6) is 0.715. The van der Waals surface area contributed by atoms with Crippen LogP contribution in [0, 0.1) is 11.3 Å². The summed E-state index contributed by atoms with van der Waals surface area (Å²) in [7, 11) is 0. The molecule has 0 aromatic carbocycles. The molecule has 0 spiro atoms. The molecule has 1 N–H and O–H groups in total. The fraction of sp³-hybridized carbons (Fsp3) is 0.750. The van der Waals surface area contributed by atoms with E-state index >= 15 is 0 Å². The number of rotatable bonds is 5. The van der Waals surface area contributed by atoms with Crippen molar-refractivity contribution in [3.05, 3.63) is 18.0 Å². The summed E-state index contributed by atoms with van der Waals surface area (Å²) >= 11 is 0. The fourth-order valence-electron chi connectivity index (χ4n) is 2.25. The van der Waals surface area contributed by atoms with Gasteiger partial charge in [0.25, 0.3) is 0 Å². The highest BCUT2D eigenvalue weighted by Crippen LogP contribution is 2.46. The van der Waals surface area contributed by atoms with Crippen LogP contribution in [-0.2, 0) is 13.0 Å². The van der Waals surface area contributed by atoms with Crippen molar-refractivity contribution in [1.29, 1.82) is 0 Å². The Hall–Kier alpha value is -0.830. The van der Waals surface area contributed by atoms with Crippen LogP contribution in [0.2, 0.25) is 0 Å². The van der Waals surface area contributed by atoms with Gasteiger partial charge in [-0.1, -0.05) is 6.92 Å². The van der Waals surface area contributed by atoms with E-state index in [2.05, 4.69) is 25.1 Å². The molecule has 0 bridgehead atoms. The minimum absolute atomic E-state index is 0.0710. The lowest BCUT2D eigenvalue weighted by Crippen LogP contribution is -2.26. The number of nitrogens with zero attached hydrogens (tertiary/aromatic N) is 2. The van der Waals surface area contributed by atoms with E-state index in [1.54, 1.807) is 0 Å². The summed E-state index contributed by atoms with van der Waals surface area (Å²) in [5, 5.41) is 13.8. The van der Waals surface area contributed by atoms with Crippen LogP contribution in [0.25, 0.3) is 0 Å². The molecule has 3 heteroatoms. The number of aromatic nitrogens is 2. The first kappa shape index (κ1) is 10.7. The van der Waals surface area contributed by atoms with Gasteiger partial charge in [0, 0.05) is 19.3 Å². The van der Waals surface area contributed by atoms with Gasteiger partial charge < -0.3 is 5.11 Å². The standard InChI is InChI=1S/C12H20N2O/c1-3-14-8-10(7-13-14)6-12(2,9-15)11-4-5-11/h7-8,11,15H,3-6,9H2,1-2H3. The lowest BCUT2D eigenvalue weighted by Gasteiger charge is -2.26. The Balaban J connectivity index is 2.05. The zero-order chi connectivity index (χ0) is 10.9. The summed E-state index contributed by atoms with van der Waals surface area (Å²) in [4.78, 5) is 0. The van der Waals surface area contributed by atoms with E-state index in [0.29, 0.717) is 5.92 Å². The topological polar surface area (TPSA) is 38.0 Å². The van der Waals surface area contributed by atoms with E-state index in [1.807, 2.05) is 10.9 Å². The van der Waals surface area contributed by atoms with E-state index in [9.17, 15) is 5.11 Å². The van der Waals surface area contributed by atoms with Crippen molar-refractivity contribution in [1.82, 2.24) is 9.78 Å². The normalized spacial score (nSPS) is 20.2. The highest BCUT2D eigenvalue weighted by Gasteiger charge is 2.41. The van der Waals surface area contributed by atoms with Gasteiger partial charge in [-0.2, -0.15) is 5.10 Å². The predicted octanol–water partition coefficient (Wildman–Crippen LogP) is 1.85. The molecule has 2 rings (SSSR count). The van der Waals surface area contributed by atoms with Gasteiger partial charge in [-0.3, -0.25) is 4.68 Å². The van der Waals surface area contributed by atoms with Crippen molar-refractivity contribution in [2.24, 2.45) is 11.3 Å². The van der Waals surface area contributed by atoms with Crippen molar-refractivity contribution in [2.45, 2.75) is 39.7 Å². The SMILES string of the molecule is CCn1cc(CC(C)(CO)C2CC2)cn1. The second-order valence-electron chi connectivity index (χ2n) is 4.97. The third-order valence-electron chi connectivity index (χ3n) is 3.54. The molecular formula is C12H20N2O. The molecule has 1 unspecified atom stereocenters. The molecule has 1 aromatic heterocycles. The summed E-state index contributed by atoms with van der Waals surface area (Å²) in [5.41, 5.74) is 1.32. The second-order valence-corrected chi connectivity index (χ2v) is 4.97. The number of hydrogen-bond donors (Lipinski definition) is 1. The van der Waals surface area contributed by atoms with Crippen LogP contribution in [0.15, 0.2) is 12.4 Å². The minimum Gasteiger partial charge on any atom is -0.396 e. The summed E-state index contributed by atoms with van der Waals surface area (Å²) in [6.07, 6.45) is 7.53. The maximum atomic E-state index is 9.49. The average molecular weight is 208 g/mol. The molecule has 0 saturated heterocycles. The van der Waals surface area contributed by atoms with E-state index < -0.39 is 0 Å². The molecule has 1 heterocycles. The molecule has 1 aromatic rings. The number of aryl methyl sites for hydroxylation is 1. The Labute approximate surface area is 91.1 Å². The highest BCUT2D eigenvalue weighted by atomic mass is 16.3. The molecule has 0 radical (unpaired) electrons. The maximum absolute atomic E-state index is 9.49. The Morgan fingerprint density at radius 3 is 2.80 bits per heavy atom. The molecule has 1 fully saturated rings. The zero-order valence-electron chi connectivity index (χ0n) is 9.61. The van der Waals surface area contributed by atoms with Crippen LogP contribution in [0.5, 0.6) is 0 Å².